The zero-order valence-electron chi connectivity index (χ0n) is 7.89. The molecule has 0 atom stereocenters. The predicted octanol–water partition coefficient (Wildman–Crippen LogP) is 2.42. The molecule has 1 aliphatic rings. The highest BCUT2D eigenvalue weighted by Gasteiger charge is 2.07. The molecule has 0 aromatic heterocycles. The van der Waals surface area contributed by atoms with E-state index in [0.717, 1.165) is 6.54 Å². The van der Waals surface area contributed by atoms with Gasteiger partial charge in [-0.2, -0.15) is 0 Å². The highest BCUT2D eigenvalue weighted by molar-refractivity contribution is 5.28. The summed E-state index contributed by atoms with van der Waals surface area (Å²) in [5.41, 5.74) is 2.90. The third-order valence-corrected chi connectivity index (χ3v) is 1.95. The summed E-state index contributed by atoms with van der Waals surface area (Å²) in [7, 11) is 2.12. The lowest BCUT2D eigenvalue weighted by molar-refractivity contribution is 0.477. The van der Waals surface area contributed by atoms with Crippen molar-refractivity contribution in [2.45, 2.75) is 20.8 Å². The van der Waals surface area contributed by atoms with Crippen molar-refractivity contribution in [1.82, 2.24) is 4.90 Å². The molecule has 0 N–H and O–H groups in total. The van der Waals surface area contributed by atoms with Crippen LogP contribution in [-0.4, -0.2) is 18.5 Å². The van der Waals surface area contributed by atoms with Gasteiger partial charge in [-0.3, -0.25) is 0 Å². The van der Waals surface area contributed by atoms with Crippen LogP contribution in [0, 0.1) is 5.92 Å². The second-order valence-corrected chi connectivity index (χ2v) is 3.69. The summed E-state index contributed by atoms with van der Waals surface area (Å²) in [6.45, 7) is 7.73. The monoisotopic (exact) mass is 151 g/mol. The first-order valence-electron chi connectivity index (χ1n) is 4.18. The predicted molar refractivity (Wildman–Crippen MR) is 49.3 cm³/mol. The van der Waals surface area contributed by atoms with Gasteiger partial charge in [-0.15, -0.1) is 0 Å². The van der Waals surface area contributed by atoms with E-state index in [2.05, 4.69) is 45.0 Å². The summed E-state index contributed by atoms with van der Waals surface area (Å²) in [4.78, 5) is 2.24. The molecule has 1 heteroatoms. The second kappa shape index (κ2) is 3.12. The fourth-order valence-corrected chi connectivity index (χ4v) is 1.38. The molecule has 0 unspecified atom stereocenters. The van der Waals surface area contributed by atoms with Gasteiger partial charge in [-0.25, -0.2) is 0 Å². The van der Waals surface area contributed by atoms with E-state index in [1.165, 1.54) is 11.1 Å². The van der Waals surface area contributed by atoms with E-state index >= 15 is 0 Å². The van der Waals surface area contributed by atoms with Crippen LogP contribution in [0.15, 0.2) is 23.4 Å². The lowest BCUT2D eigenvalue weighted by atomic mass is 9.99. The average molecular weight is 151 g/mol. The second-order valence-electron chi connectivity index (χ2n) is 3.69. The SMILES string of the molecule is CC1=CC(C(C)C)=CN(C)C1. The number of rotatable bonds is 1. The molecule has 1 heterocycles. The Morgan fingerprint density at radius 3 is 2.55 bits per heavy atom. The van der Waals surface area contributed by atoms with Crippen molar-refractivity contribution < 1.29 is 0 Å². The summed E-state index contributed by atoms with van der Waals surface area (Å²) in [5, 5.41) is 0. The van der Waals surface area contributed by atoms with E-state index in [1.54, 1.807) is 0 Å². The summed E-state index contributed by atoms with van der Waals surface area (Å²) < 4.78 is 0. The molecule has 0 amide bonds. The summed E-state index contributed by atoms with van der Waals surface area (Å²) in [6, 6.07) is 0. The Morgan fingerprint density at radius 2 is 2.09 bits per heavy atom. The smallest absolute Gasteiger partial charge is 0.0380 e. The Balaban J connectivity index is 2.78. The third kappa shape index (κ3) is 2.11. The molecule has 0 bridgehead atoms. The Bertz CT molecular complexity index is 199. The van der Waals surface area contributed by atoms with E-state index < -0.39 is 0 Å². The topological polar surface area (TPSA) is 3.24 Å². The number of allylic oxidation sites excluding steroid dienone is 2. The van der Waals surface area contributed by atoms with Crippen molar-refractivity contribution in [1.29, 1.82) is 0 Å². The van der Waals surface area contributed by atoms with Crippen LogP contribution in [0.1, 0.15) is 20.8 Å². The van der Waals surface area contributed by atoms with Gasteiger partial charge in [-0.05, 0) is 18.4 Å². The van der Waals surface area contributed by atoms with Crippen LogP contribution in [-0.2, 0) is 0 Å². The first-order valence-corrected chi connectivity index (χ1v) is 4.18. The Kier molecular flexibility index (Phi) is 2.38. The molecule has 0 radical (unpaired) electrons. The Hall–Kier alpha value is -0.720. The first-order chi connectivity index (χ1) is 5.09. The maximum Gasteiger partial charge on any atom is 0.0380 e. The lowest BCUT2D eigenvalue weighted by Gasteiger charge is -2.23. The highest BCUT2D eigenvalue weighted by atomic mass is 15.1. The molecule has 1 aliphatic heterocycles. The molecule has 11 heavy (non-hydrogen) atoms. The average Bonchev–Trinajstić information content (AvgIpc) is 1.85. The van der Waals surface area contributed by atoms with Gasteiger partial charge < -0.3 is 4.90 Å². The fraction of sp³-hybridized carbons (Fsp3) is 0.600. The van der Waals surface area contributed by atoms with E-state index in [1.807, 2.05) is 0 Å². The molecule has 0 aliphatic carbocycles. The number of hydrogen-bond acceptors (Lipinski definition) is 1. The van der Waals surface area contributed by atoms with Crippen LogP contribution in [0.2, 0.25) is 0 Å². The van der Waals surface area contributed by atoms with Crippen LogP contribution in [0.5, 0.6) is 0 Å². The molecule has 0 saturated carbocycles. The normalized spacial score (nSPS) is 18.5. The zero-order valence-corrected chi connectivity index (χ0v) is 7.89. The number of nitrogens with zero attached hydrogens (tertiary/aromatic N) is 1. The molecule has 0 spiro atoms. The van der Waals surface area contributed by atoms with Crippen LogP contribution < -0.4 is 0 Å². The molecule has 62 valence electrons. The van der Waals surface area contributed by atoms with Crippen molar-refractivity contribution in [3.05, 3.63) is 23.4 Å². The Labute approximate surface area is 69.4 Å². The van der Waals surface area contributed by atoms with Gasteiger partial charge in [0.25, 0.3) is 0 Å². The molecule has 1 rings (SSSR count). The summed E-state index contributed by atoms with van der Waals surface area (Å²) in [6.07, 6.45) is 4.53. The minimum atomic E-state index is 0.646. The van der Waals surface area contributed by atoms with Gasteiger partial charge in [0.1, 0.15) is 0 Å². The van der Waals surface area contributed by atoms with E-state index in [4.69, 9.17) is 0 Å². The highest BCUT2D eigenvalue weighted by Crippen LogP contribution is 2.18. The van der Waals surface area contributed by atoms with E-state index in [-0.39, 0.29) is 0 Å². The van der Waals surface area contributed by atoms with Crippen molar-refractivity contribution >= 4 is 0 Å². The molecule has 0 aromatic carbocycles. The summed E-state index contributed by atoms with van der Waals surface area (Å²) >= 11 is 0. The van der Waals surface area contributed by atoms with Crippen LogP contribution in [0.25, 0.3) is 0 Å². The minimum absolute atomic E-state index is 0.646. The quantitative estimate of drug-likeness (QED) is 0.556. The fourth-order valence-electron chi connectivity index (χ4n) is 1.38. The molecule has 1 nitrogen and oxygen atoms in total. The standard InChI is InChI=1S/C10H17N/c1-8(2)10-5-9(3)6-11(4)7-10/h5,7-8H,6H2,1-4H3. The number of likely N-dealkylation sites (N-methyl/N-ethyl adjacent to an activating group) is 1. The van der Waals surface area contributed by atoms with Gasteiger partial charge in [-0.1, -0.05) is 25.5 Å². The van der Waals surface area contributed by atoms with Gasteiger partial charge in [0.05, 0.1) is 0 Å². The van der Waals surface area contributed by atoms with Gasteiger partial charge in [0.15, 0.2) is 0 Å². The minimum Gasteiger partial charge on any atom is -0.376 e. The van der Waals surface area contributed by atoms with Crippen LogP contribution in [0.4, 0.5) is 0 Å². The molecular weight excluding hydrogens is 134 g/mol. The molecule has 0 saturated heterocycles. The number of hydrogen-bond donors (Lipinski definition) is 0. The van der Waals surface area contributed by atoms with Crippen molar-refractivity contribution in [2.24, 2.45) is 5.92 Å². The lowest BCUT2D eigenvalue weighted by Crippen LogP contribution is -2.18. The van der Waals surface area contributed by atoms with E-state index in [9.17, 15) is 0 Å². The zero-order chi connectivity index (χ0) is 8.43. The maximum absolute atomic E-state index is 2.30. The molecule has 0 aromatic rings. The van der Waals surface area contributed by atoms with Crippen molar-refractivity contribution in [3.63, 3.8) is 0 Å². The largest absolute Gasteiger partial charge is 0.376 e. The first kappa shape index (κ1) is 8.38. The Morgan fingerprint density at radius 1 is 1.45 bits per heavy atom. The molecule has 0 fully saturated rings. The third-order valence-electron chi connectivity index (χ3n) is 1.95. The van der Waals surface area contributed by atoms with E-state index in [0.29, 0.717) is 5.92 Å². The van der Waals surface area contributed by atoms with Crippen molar-refractivity contribution in [2.75, 3.05) is 13.6 Å². The maximum atomic E-state index is 2.30. The van der Waals surface area contributed by atoms with Gasteiger partial charge >= 0.3 is 0 Å². The van der Waals surface area contributed by atoms with Gasteiger partial charge in [0.2, 0.25) is 0 Å². The summed E-state index contributed by atoms with van der Waals surface area (Å²) in [5.74, 6) is 0.646. The van der Waals surface area contributed by atoms with Crippen LogP contribution in [0.3, 0.4) is 0 Å². The van der Waals surface area contributed by atoms with Gasteiger partial charge in [0, 0.05) is 19.8 Å². The van der Waals surface area contributed by atoms with Crippen molar-refractivity contribution in [3.8, 4) is 0 Å². The molecular formula is C10H17N. The van der Waals surface area contributed by atoms with Crippen LogP contribution >= 0.6 is 0 Å².